The smallest absolute Gasteiger partial charge is 0.268 e. The van der Waals surface area contributed by atoms with Crippen LogP contribution in [-0.4, -0.2) is 19.5 Å². The second-order valence-electron chi connectivity index (χ2n) is 4.56. The van der Waals surface area contributed by atoms with Crippen molar-refractivity contribution in [3.05, 3.63) is 60.3 Å². The highest BCUT2D eigenvalue weighted by atomic mass is 32.2. The van der Waals surface area contributed by atoms with Crippen molar-refractivity contribution < 1.29 is 21.9 Å². The summed E-state index contributed by atoms with van der Waals surface area (Å²) in [5.41, 5.74) is -0.374. The first kappa shape index (κ1) is 14.5. The summed E-state index contributed by atoms with van der Waals surface area (Å²) in [6, 6.07) is 9.72. The van der Waals surface area contributed by atoms with E-state index in [1.54, 1.807) is 6.07 Å². The van der Waals surface area contributed by atoms with Crippen LogP contribution in [0.15, 0.2) is 53.6 Å². The van der Waals surface area contributed by atoms with Gasteiger partial charge in [-0.3, -0.25) is 0 Å². The van der Waals surface area contributed by atoms with Gasteiger partial charge in [0.2, 0.25) is 0 Å². The van der Waals surface area contributed by atoms with Crippen LogP contribution in [0.4, 0.5) is 8.78 Å². The molecule has 4 nitrogen and oxygen atoms in total. The molecule has 22 heavy (non-hydrogen) atoms. The summed E-state index contributed by atoms with van der Waals surface area (Å²) in [6.07, 6.45) is 0.749. The van der Waals surface area contributed by atoms with E-state index < -0.39 is 21.7 Å². The summed E-state index contributed by atoms with van der Waals surface area (Å²) in [4.78, 5) is -0.0610. The zero-order valence-electron chi connectivity index (χ0n) is 11.5. The molecule has 1 heterocycles. The molecule has 0 aliphatic heterocycles. The Hall–Kier alpha value is -2.41. The molecule has 3 rings (SSSR count). The molecule has 0 aliphatic carbocycles. The Morgan fingerprint density at radius 2 is 1.68 bits per heavy atom. The summed E-state index contributed by atoms with van der Waals surface area (Å²) < 4.78 is 59.0. The fourth-order valence-electron chi connectivity index (χ4n) is 2.29. The summed E-state index contributed by atoms with van der Waals surface area (Å²) in [5, 5.41) is -0.206. The van der Waals surface area contributed by atoms with Gasteiger partial charge in [-0.2, -0.15) is 0 Å². The summed E-state index contributed by atoms with van der Waals surface area (Å²) in [5.74, 6) is -1.65. The lowest BCUT2D eigenvalue weighted by Crippen LogP contribution is -2.12. The van der Waals surface area contributed by atoms with Gasteiger partial charge in [0.1, 0.15) is 17.1 Å². The van der Waals surface area contributed by atoms with Crippen LogP contribution in [-0.2, 0) is 10.0 Å². The molecule has 114 valence electrons. The van der Waals surface area contributed by atoms with Gasteiger partial charge in [-0.15, -0.1) is 0 Å². The first-order valence-electron chi connectivity index (χ1n) is 6.30. The average Bonchev–Trinajstić information content (AvgIpc) is 2.88. The molecule has 1 aromatic heterocycles. The van der Waals surface area contributed by atoms with Gasteiger partial charge in [0.25, 0.3) is 10.0 Å². The predicted octanol–water partition coefficient (Wildman–Crippen LogP) is 3.17. The van der Waals surface area contributed by atoms with Crippen molar-refractivity contribution >= 4 is 20.9 Å². The number of ether oxygens (including phenoxy) is 1. The maximum absolute atomic E-state index is 14.1. The van der Waals surface area contributed by atoms with E-state index >= 15 is 0 Å². The Kier molecular flexibility index (Phi) is 3.37. The summed E-state index contributed by atoms with van der Waals surface area (Å²) >= 11 is 0. The molecule has 3 aromatic rings. The molecule has 0 aliphatic rings. The molecule has 0 N–H and O–H groups in total. The Balaban J connectivity index is 2.38. The fraction of sp³-hybridized carbons (Fsp3) is 0.0667. The number of hydrogen-bond acceptors (Lipinski definition) is 3. The Morgan fingerprint density at radius 3 is 2.32 bits per heavy atom. The molecule has 0 spiro atoms. The third kappa shape index (κ3) is 2.05. The van der Waals surface area contributed by atoms with Crippen LogP contribution in [0.5, 0.6) is 5.75 Å². The van der Waals surface area contributed by atoms with Gasteiger partial charge in [0.05, 0.1) is 23.6 Å². The van der Waals surface area contributed by atoms with Crippen molar-refractivity contribution in [2.45, 2.75) is 4.90 Å². The van der Waals surface area contributed by atoms with Crippen LogP contribution < -0.4 is 4.74 Å². The van der Waals surface area contributed by atoms with Gasteiger partial charge in [0, 0.05) is 0 Å². The van der Waals surface area contributed by atoms with Crippen molar-refractivity contribution in [3.63, 3.8) is 0 Å². The summed E-state index contributed by atoms with van der Waals surface area (Å²) in [6.45, 7) is 0. The molecular weight excluding hydrogens is 312 g/mol. The third-order valence-corrected chi connectivity index (χ3v) is 4.97. The van der Waals surface area contributed by atoms with Gasteiger partial charge in [-0.05, 0) is 24.3 Å². The molecule has 0 amide bonds. The predicted molar refractivity (Wildman–Crippen MR) is 77.4 cm³/mol. The highest BCUT2D eigenvalue weighted by Crippen LogP contribution is 2.33. The maximum atomic E-state index is 14.1. The number of methoxy groups -OCH3 is 1. The second-order valence-corrected chi connectivity index (χ2v) is 6.38. The number of nitrogens with zero attached hydrogens (tertiary/aromatic N) is 1. The monoisotopic (exact) mass is 323 g/mol. The normalized spacial score (nSPS) is 11.8. The van der Waals surface area contributed by atoms with Crippen LogP contribution in [0.25, 0.3) is 10.9 Å². The molecule has 2 aromatic carbocycles. The van der Waals surface area contributed by atoms with Gasteiger partial charge in [-0.1, -0.05) is 18.2 Å². The number of rotatable bonds is 3. The minimum atomic E-state index is -4.11. The molecule has 0 unspecified atom stereocenters. The Bertz CT molecular complexity index is 950. The van der Waals surface area contributed by atoms with E-state index in [1.165, 1.54) is 37.4 Å². The first-order valence-corrected chi connectivity index (χ1v) is 7.74. The van der Waals surface area contributed by atoms with E-state index in [-0.39, 0.29) is 21.5 Å². The lowest BCUT2D eigenvalue weighted by molar-refractivity contribution is 0.417. The van der Waals surface area contributed by atoms with E-state index in [4.69, 9.17) is 4.74 Å². The lowest BCUT2D eigenvalue weighted by Gasteiger charge is -2.08. The zero-order valence-corrected chi connectivity index (χ0v) is 12.3. The molecule has 0 saturated heterocycles. The molecule has 0 bridgehead atoms. The van der Waals surface area contributed by atoms with Crippen molar-refractivity contribution in [1.29, 1.82) is 0 Å². The highest BCUT2D eigenvalue weighted by molar-refractivity contribution is 7.90. The van der Waals surface area contributed by atoms with Crippen molar-refractivity contribution in [2.75, 3.05) is 7.11 Å². The second kappa shape index (κ2) is 5.10. The van der Waals surface area contributed by atoms with Crippen molar-refractivity contribution in [2.24, 2.45) is 0 Å². The summed E-state index contributed by atoms with van der Waals surface area (Å²) in [7, 11) is -2.81. The van der Waals surface area contributed by atoms with Gasteiger partial charge < -0.3 is 4.74 Å². The molecule has 0 saturated carbocycles. The first-order chi connectivity index (χ1) is 10.5. The number of halogens is 2. The average molecular weight is 323 g/mol. The number of benzene rings is 2. The molecule has 0 fully saturated rings. The molecule has 7 heteroatoms. The lowest BCUT2D eigenvalue weighted by atomic mass is 10.2. The number of aromatic nitrogens is 1. The maximum Gasteiger partial charge on any atom is 0.268 e. The molecule has 0 radical (unpaired) electrons. The van der Waals surface area contributed by atoms with Gasteiger partial charge in [0.15, 0.2) is 5.82 Å². The van der Waals surface area contributed by atoms with E-state index in [1.807, 2.05) is 0 Å². The Morgan fingerprint density at radius 1 is 1.00 bits per heavy atom. The molecular formula is C15H11F2NO3S. The molecule has 0 atom stereocenters. The fourth-order valence-corrected chi connectivity index (χ4v) is 3.67. The van der Waals surface area contributed by atoms with Crippen LogP contribution in [0.2, 0.25) is 0 Å². The minimum absolute atomic E-state index is 0.0610. The van der Waals surface area contributed by atoms with Gasteiger partial charge in [-0.25, -0.2) is 21.2 Å². The van der Waals surface area contributed by atoms with Crippen LogP contribution in [0.1, 0.15) is 0 Å². The topological polar surface area (TPSA) is 48.3 Å². The van der Waals surface area contributed by atoms with E-state index in [0.717, 1.165) is 12.3 Å². The van der Waals surface area contributed by atoms with Crippen molar-refractivity contribution in [3.8, 4) is 5.75 Å². The largest absolute Gasteiger partial charge is 0.496 e. The third-order valence-electron chi connectivity index (χ3n) is 3.30. The van der Waals surface area contributed by atoms with Crippen LogP contribution in [0.3, 0.4) is 0 Å². The van der Waals surface area contributed by atoms with Crippen molar-refractivity contribution in [1.82, 2.24) is 3.97 Å². The SMILES string of the molecule is COc1ccc(F)c2c1c(F)cn2S(=O)(=O)c1ccccc1. The van der Waals surface area contributed by atoms with Gasteiger partial charge >= 0.3 is 0 Å². The minimum Gasteiger partial charge on any atom is -0.496 e. The quantitative estimate of drug-likeness (QED) is 0.744. The van der Waals surface area contributed by atoms with E-state index in [2.05, 4.69) is 0 Å². The standard InChI is InChI=1S/C15H11F2NO3S/c1-21-13-8-7-11(16)15-14(13)12(17)9-18(15)22(19,20)10-5-3-2-4-6-10/h2-9H,1H3. The van der Waals surface area contributed by atoms with Crippen LogP contribution >= 0.6 is 0 Å². The number of fused-ring (bicyclic) bond motifs is 1. The highest BCUT2D eigenvalue weighted by Gasteiger charge is 2.25. The Labute approximate surface area is 125 Å². The van der Waals surface area contributed by atoms with E-state index in [9.17, 15) is 17.2 Å². The van der Waals surface area contributed by atoms with Crippen LogP contribution in [0, 0.1) is 11.6 Å². The zero-order chi connectivity index (χ0) is 15.9. The van der Waals surface area contributed by atoms with E-state index in [0.29, 0.717) is 3.97 Å². The number of hydrogen-bond donors (Lipinski definition) is 0.